The zero-order valence-corrected chi connectivity index (χ0v) is 7.39. The average molecular weight is 152 g/mol. The van der Waals surface area contributed by atoms with Gasteiger partial charge in [0.1, 0.15) is 0 Å². The van der Waals surface area contributed by atoms with Crippen molar-refractivity contribution >= 4 is 0 Å². The Morgan fingerprint density at radius 3 is 2.91 bits per heavy atom. The highest BCUT2D eigenvalue weighted by atomic mass is 16.5. The molecule has 0 aromatic carbocycles. The third kappa shape index (κ3) is 7.15. The highest BCUT2D eigenvalue weighted by Crippen LogP contribution is 1.94. The first-order valence-corrected chi connectivity index (χ1v) is 4.00. The molecule has 0 aliphatic rings. The number of hydrogen-bond acceptors (Lipinski definition) is 1. The average Bonchev–Trinajstić information content (AvgIpc) is 1.99. The van der Waals surface area contributed by atoms with Crippen LogP contribution in [0.15, 0.2) is 11.6 Å². The maximum Gasteiger partial charge on any atom is 0.0683 e. The Labute approximate surface area is 69.4 Å². The van der Waals surface area contributed by atoms with Gasteiger partial charge in [-0.3, -0.25) is 0 Å². The molecule has 0 heterocycles. The van der Waals surface area contributed by atoms with Gasteiger partial charge >= 0.3 is 0 Å². The van der Waals surface area contributed by atoms with Gasteiger partial charge in [-0.1, -0.05) is 19.3 Å². The largest absolute Gasteiger partial charge is 0.377 e. The molecule has 62 valence electrons. The molecule has 0 aliphatic heterocycles. The summed E-state index contributed by atoms with van der Waals surface area (Å²) in [6.45, 7) is 5.63. The molecule has 1 nitrogen and oxygen atoms in total. The summed E-state index contributed by atoms with van der Waals surface area (Å²) in [7, 11) is 0. The van der Waals surface area contributed by atoms with Crippen molar-refractivity contribution in [2.24, 2.45) is 0 Å². The van der Waals surface area contributed by atoms with Crippen LogP contribution < -0.4 is 0 Å². The molecule has 0 unspecified atom stereocenters. The molecule has 0 saturated carbocycles. The molecule has 0 rings (SSSR count). The minimum absolute atomic E-state index is 0.671. The third-order valence-corrected chi connectivity index (χ3v) is 1.30. The van der Waals surface area contributed by atoms with Gasteiger partial charge in [0, 0.05) is 6.61 Å². The predicted molar refractivity (Wildman–Crippen MR) is 48.3 cm³/mol. The second-order valence-corrected chi connectivity index (χ2v) is 2.56. The summed E-state index contributed by atoms with van der Waals surface area (Å²) in [5.41, 5.74) is 1.11. The third-order valence-electron chi connectivity index (χ3n) is 1.30. The van der Waals surface area contributed by atoms with Crippen molar-refractivity contribution in [3.05, 3.63) is 11.6 Å². The van der Waals surface area contributed by atoms with Gasteiger partial charge < -0.3 is 4.74 Å². The normalized spacial score (nSPS) is 11.2. The number of terminal acetylenes is 1. The fourth-order valence-electron chi connectivity index (χ4n) is 0.663. The van der Waals surface area contributed by atoms with Crippen LogP contribution in [0, 0.1) is 12.3 Å². The van der Waals surface area contributed by atoms with E-state index in [4.69, 9.17) is 11.2 Å². The smallest absolute Gasteiger partial charge is 0.0683 e. The number of allylic oxidation sites excluding steroid dienone is 1. The molecule has 0 radical (unpaired) electrons. The van der Waals surface area contributed by atoms with E-state index in [1.165, 1.54) is 6.42 Å². The lowest BCUT2D eigenvalue weighted by Crippen LogP contribution is -1.97. The van der Waals surface area contributed by atoms with Crippen LogP contribution in [0.5, 0.6) is 0 Å². The van der Waals surface area contributed by atoms with E-state index in [2.05, 4.69) is 12.8 Å². The summed E-state index contributed by atoms with van der Waals surface area (Å²) in [5.74, 6) is 2.47. The van der Waals surface area contributed by atoms with Gasteiger partial charge in [-0.25, -0.2) is 0 Å². The van der Waals surface area contributed by atoms with E-state index in [0.29, 0.717) is 6.61 Å². The van der Waals surface area contributed by atoms with Gasteiger partial charge in [0.25, 0.3) is 0 Å². The van der Waals surface area contributed by atoms with Crippen LogP contribution in [0.25, 0.3) is 0 Å². The summed E-state index contributed by atoms with van der Waals surface area (Å²) >= 11 is 0. The van der Waals surface area contributed by atoms with Crippen molar-refractivity contribution in [3.8, 4) is 12.3 Å². The minimum atomic E-state index is 0.671. The highest BCUT2D eigenvalue weighted by molar-refractivity contribution is 5.15. The summed E-state index contributed by atoms with van der Waals surface area (Å²) in [6.07, 6.45) is 9.13. The van der Waals surface area contributed by atoms with Gasteiger partial charge in [0.2, 0.25) is 0 Å². The molecule has 0 N–H and O–H groups in total. The Morgan fingerprint density at radius 1 is 1.64 bits per heavy atom. The molecule has 0 atom stereocenters. The molecule has 11 heavy (non-hydrogen) atoms. The minimum Gasteiger partial charge on any atom is -0.377 e. The summed E-state index contributed by atoms with van der Waals surface area (Å²) < 4.78 is 5.32. The first-order valence-electron chi connectivity index (χ1n) is 4.00. The van der Waals surface area contributed by atoms with Crippen LogP contribution in [0.4, 0.5) is 0 Å². The second kappa shape index (κ2) is 7.37. The fourth-order valence-corrected chi connectivity index (χ4v) is 0.663. The van der Waals surface area contributed by atoms with Crippen LogP contribution in [-0.2, 0) is 4.74 Å². The Balaban J connectivity index is 3.26. The van der Waals surface area contributed by atoms with E-state index < -0.39 is 0 Å². The zero-order valence-electron chi connectivity index (χ0n) is 7.39. The predicted octanol–water partition coefficient (Wildman–Crippen LogP) is 2.38. The Kier molecular flexibility index (Phi) is 6.87. The number of hydrogen-bond donors (Lipinski definition) is 0. The van der Waals surface area contributed by atoms with E-state index in [-0.39, 0.29) is 0 Å². The molecular formula is C10H16O. The van der Waals surface area contributed by atoms with Crippen molar-refractivity contribution in [2.75, 3.05) is 13.2 Å². The standard InChI is InChI=1S/C10H16O/c1-4-6-8-11-9-10(3)7-5-2/h2,7H,4,6,8-9H2,1,3H3. The lowest BCUT2D eigenvalue weighted by molar-refractivity contribution is 0.153. The fraction of sp³-hybridized carbons (Fsp3) is 0.600. The SMILES string of the molecule is C#CC=C(C)COCCCC. The monoisotopic (exact) mass is 152 g/mol. The molecule has 0 aliphatic carbocycles. The molecule has 0 saturated heterocycles. The van der Waals surface area contributed by atoms with Crippen LogP contribution in [-0.4, -0.2) is 13.2 Å². The lowest BCUT2D eigenvalue weighted by Gasteiger charge is -2.01. The molecule has 0 aromatic heterocycles. The number of rotatable bonds is 5. The van der Waals surface area contributed by atoms with E-state index in [1.807, 2.05) is 6.92 Å². The van der Waals surface area contributed by atoms with Gasteiger partial charge in [0.15, 0.2) is 0 Å². The van der Waals surface area contributed by atoms with Gasteiger partial charge in [0.05, 0.1) is 6.61 Å². The van der Waals surface area contributed by atoms with Crippen molar-refractivity contribution in [1.82, 2.24) is 0 Å². The van der Waals surface area contributed by atoms with Crippen LogP contribution in [0.1, 0.15) is 26.7 Å². The van der Waals surface area contributed by atoms with Gasteiger partial charge in [-0.05, 0) is 25.0 Å². The second-order valence-electron chi connectivity index (χ2n) is 2.56. The molecular weight excluding hydrogens is 136 g/mol. The molecule has 1 heteroatoms. The maximum absolute atomic E-state index is 5.32. The topological polar surface area (TPSA) is 9.23 Å². The summed E-state index contributed by atoms with van der Waals surface area (Å²) in [4.78, 5) is 0. The quantitative estimate of drug-likeness (QED) is 0.434. The first-order chi connectivity index (χ1) is 5.31. The van der Waals surface area contributed by atoms with E-state index in [1.54, 1.807) is 6.08 Å². The van der Waals surface area contributed by atoms with Crippen molar-refractivity contribution in [2.45, 2.75) is 26.7 Å². The van der Waals surface area contributed by atoms with E-state index in [9.17, 15) is 0 Å². The molecule has 0 bridgehead atoms. The molecule has 0 fully saturated rings. The highest BCUT2D eigenvalue weighted by Gasteiger charge is 1.88. The van der Waals surface area contributed by atoms with Crippen LogP contribution in [0.2, 0.25) is 0 Å². The zero-order chi connectivity index (χ0) is 8.53. The Bertz CT molecular complexity index is 151. The summed E-state index contributed by atoms with van der Waals surface area (Å²) in [6, 6.07) is 0. The Morgan fingerprint density at radius 2 is 2.36 bits per heavy atom. The van der Waals surface area contributed by atoms with E-state index in [0.717, 1.165) is 18.6 Å². The maximum atomic E-state index is 5.32. The van der Waals surface area contributed by atoms with Crippen molar-refractivity contribution in [3.63, 3.8) is 0 Å². The lowest BCUT2D eigenvalue weighted by atomic mass is 10.3. The van der Waals surface area contributed by atoms with Gasteiger partial charge in [-0.15, -0.1) is 6.42 Å². The molecule has 0 spiro atoms. The molecule has 0 aromatic rings. The van der Waals surface area contributed by atoms with Crippen molar-refractivity contribution in [1.29, 1.82) is 0 Å². The number of ether oxygens (including phenoxy) is 1. The summed E-state index contributed by atoms with van der Waals surface area (Å²) in [5, 5.41) is 0. The van der Waals surface area contributed by atoms with Crippen LogP contribution in [0.3, 0.4) is 0 Å². The number of unbranched alkanes of at least 4 members (excludes halogenated alkanes) is 1. The van der Waals surface area contributed by atoms with Crippen molar-refractivity contribution < 1.29 is 4.74 Å². The van der Waals surface area contributed by atoms with Crippen LogP contribution >= 0.6 is 0 Å². The Hall–Kier alpha value is -0.740. The van der Waals surface area contributed by atoms with Gasteiger partial charge in [-0.2, -0.15) is 0 Å². The molecule has 0 amide bonds. The van der Waals surface area contributed by atoms with E-state index >= 15 is 0 Å². The first kappa shape index (κ1) is 10.3.